The molecule has 27 heavy (non-hydrogen) atoms. The first-order valence-corrected chi connectivity index (χ1v) is 10.2. The Morgan fingerprint density at radius 1 is 1.11 bits per heavy atom. The van der Waals surface area contributed by atoms with E-state index in [1.54, 1.807) is 4.68 Å². The minimum Gasteiger partial charge on any atom is -0.337 e. The molecular formula is C22H30N4O. The van der Waals surface area contributed by atoms with Crippen molar-refractivity contribution in [2.24, 2.45) is 7.05 Å². The van der Waals surface area contributed by atoms with Gasteiger partial charge in [-0.1, -0.05) is 38.1 Å². The van der Waals surface area contributed by atoms with Crippen LogP contribution in [0.15, 0.2) is 30.3 Å². The Bertz CT molecular complexity index is 817. The van der Waals surface area contributed by atoms with E-state index in [2.05, 4.69) is 48.1 Å². The molecule has 0 aliphatic carbocycles. The quantitative estimate of drug-likeness (QED) is 0.838. The summed E-state index contributed by atoms with van der Waals surface area (Å²) < 4.78 is 1.74. The molecule has 1 aromatic carbocycles. The number of aromatic nitrogens is 2. The van der Waals surface area contributed by atoms with Crippen molar-refractivity contribution in [1.82, 2.24) is 19.6 Å². The van der Waals surface area contributed by atoms with E-state index in [0.29, 0.717) is 17.7 Å². The third kappa shape index (κ3) is 3.65. The lowest BCUT2D eigenvalue weighted by Gasteiger charge is -2.40. The van der Waals surface area contributed by atoms with Crippen molar-refractivity contribution in [3.63, 3.8) is 0 Å². The summed E-state index contributed by atoms with van der Waals surface area (Å²) in [5.74, 6) is 0.463. The first kappa shape index (κ1) is 18.2. The molecule has 1 saturated heterocycles. The highest BCUT2D eigenvalue weighted by atomic mass is 16.2. The van der Waals surface area contributed by atoms with Gasteiger partial charge in [-0.25, -0.2) is 0 Å². The average Bonchev–Trinajstić information content (AvgIpc) is 3.09. The van der Waals surface area contributed by atoms with Crippen LogP contribution in [0.3, 0.4) is 0 Å². The first-order valence-electron chi connectivity index (χ1n) is 10.2. The summed E-state index contributed by atoms with van der Waals surface area (Å²) in [5, 5.41) is 4.50. The molecule has 2 aliphatic rings. The molecule has 0 N–H and O–H groups in total. The van der Waals surface area contributed by atoms with Crippen LogP contribution in [0, 0.1) is 0 Å². The van der Waals surface area contributed by atoms with Gasteiger partial charge < -0.3 is 4.90 Å². The van der Waals surface area contributed by atoms with Gasteiger partial charge in [-0.05, 0) is 42.4 Å². The van der Waals surface area contributed by atoms with Gasteiger partial charge in [0.2, 0.25) is 0 Å². The molecule has 0 saturated carbocycles. The molecule has 5 heteroatoms. The minimum atomic E-state index is 0.124. The predicted molar refractivity (Wildman–Crippen MR) is 107 cm³/mol. The van der Waals surface area contributed by atoms with Crippen LogP contribution in [0.5, 0.6) is 0 Å². The number of piperidine rings is 1. The summed E-state index contributed by atoms with van der Waals surface area (Å²) in [5.41, 5.74) is 4.67. The van der Waals surface area contributed by atoms with Crippen molar-refractivity contribution in [2.75, 3.05) is 19.6 Å². The maximum absolute atomic E-state index is 13.0. The summed E-state index contributed by atoms with van der Waals surface area (Å²) in [4.78, 5) is 17.6. The molecule has 0 radical (unpaired) electrons. The number of fused-ring (bicyclic) bond motifs is 1. The van der Waals surface area contributed by atoms with Crippen LogP contribution in [0.4, 0.5) is 0 Å². The molecule has 1 fully saturated rings. The van der Waals surface area contributed by atoms with Crippen LogP contribution in [0.1, 0.15) is 59.9 Å². The topological polar surface area (TPSA) is 41.4 Å². The minimum absolute atomic E-state index is 0.124. The zero-order valence-electron chi connectivity index (χ0n) is 16.7. The Labute approximate surface area is 162 Å². The maximum Gasteiger partial charge on any atom is 0.272 e. The second-order valence-corrected chi connectivity index (χ2v) is 8.25. The van der Waals surface area contributed by atoms with Crippen LogP contribution in [0.2, 0.25) is 0 Å². The number of amides is 1. The largest absolute Gasteiger partial charge is 0.337 e. The number of benzene rings is 1. The zero-order chi connectivity index (χ0) is 19.0. The molecular weight excluding hydrogens is 336 g/mol. The molecule has 1 amide bonds. The number of likely N-dealkylation sites (tertiary alicyclic amines) is 1. The lowest BCUT2D eigenvalue weighted by Crippen LogP contribution is -2.48. The van der Waals surface area contributed by atoms with Gasteiger partial charge in [0.1, 0.15) is 5.69 Å². The first-order chi connectivity index (χ1) is 13.0. The molecule has 0 atom stereocenters. The Kier molecular flexibility index (Phi) is 5.04. The van der Waals surface area contributed by atoms with Crippen LogP contribution < -0.4 is 0 Å². The highest BCUT2D eigenvalue weighted by molar-refractivity contribution is 5.92. The van der Waals surface area contributed by atoms with E-state index in [1.165, 1.54) is 11.1 Å². The molecule has 0 unspecified atom stereocenters. The normalized spacial score (nSPS) is 18.7. The number of hydrogen-bond donors (Lipinski definition) is 0. The van der Waals surface area contributed by atoms with Crippen molar-refractivity contribution in [1.29, 1.82) is 0 Å². The molecule has 4 rings (SSSR count). The summed E-state index contributed by atoms with van der Waals surface area (Å²) in [7, 11) is 1.87. The Hall–Kier alpha value is -2.14. The number of aryl methyl sites for hydroxylation is 1. The highest BCUT2D eigenvalue weighted by Gasteiger charge is 2.30. The lowest BCUT2D eigenvalue weighted by molar-refractivity contribution is 0.0589. The molecule has 2 aliphatic heterocycles. The fraction of sp³-hybridized carbons (Fsp3) is 0.545. The van der Waals surface area contributed by atoms with E-state index in [4.69, 9.17) is 0 Å². The number of carbonyl (C=O) groups excluding carboxylic acids is 1. The lowest BCUT2D eigenvalue weighted by atomic mass is 9.95. The second kappa shape index (κ2) is 7.47. The monoisotopic (exact) mass is 366 g/mol. The van der Waals surface area contributed by atoms with Crippen molar-refractivity contribution in [3.05, 3.63) is 52.8 Å². The van der Waals surface area contributed by atoms with Gasteiger partial charge in [0.25, 0.3) is 5.91 Å². The molecule has 1 aromatic heterocycles. The number of carbonyl (C=O) groups is 1. The Balaban J connectivity index is 1.37. The third-order valence-electron chi connectivity index (χ3n) is 6.14. The SMILES string of the molecule is CC(C)c1cc(C(=O)N2CCC(N3CCc4ccccc4C3)CC2)n(C)n1. The molecule has 5 nitrogen and oxygen atoms in total. The van der Waals surface area contributed by atoms with Crippen molar-refractivity contribution in [2.45, 2.75) is 51.6 Å². The predicted octanol–water partition coefficient (Wildman–Crippen LogP) is 3.21. The number of rotatable bonds is 3. The van der Waals surface area contributed by atoms with Crippen LogP contribution in [-0.2, 0) is 20.0 Å². The van der Waals surface area contributed by atoms with Crippen molar-refractivity contribution in [3.8, 4) is 0 Å². The fourth-order valence-corrected chi connectivity index (χ4v) is 4.40. The third-order valence-corrected chi connectivity index (χ3v) is 6.14. The van der Waals surface area contributed by atoms with E-state index < -0.39 is 0 Å². The number of nitrogens with zero attached hydrogens (tertiary/aromatic N) is 4. The maximum atomic E-state index is 13.0. The van der Waals surface area contributed by atoms with E-state index in [9.17, 15) is 4.79 Å². The summed E-state index contributed by atoms with van der Waals surface area (Å²) in [6.07, 6.45) is 3.26. The van der Waals surface area contributed by atoms with E-state index in [-0.39, 0.29) is 5.91 Å². The van der Waals surface area contributed by atoms with Gasteiger partial charge in [-0.3, -0.25) is 14.4 Å². The smallest absolute Gasteiger partial charge is 0.272 e. The summed E-state index contributed by atoms with van der Waals surface area (Å²) in [6.45, 7) is 8.08. The summed E-state index contributed by atoms with van der Waals surface area (Å²) >= 11 is 0. The van der Waals surface area contributed by atoms with E-state index in [1.807, 2.05) is 18.0 Å². The second-order valence-electron chi connectivity index (χ2n) is 8.25. The van der Waals surface area contributed by atoms with Crippen LogP contribution >= 0.6 is 0 Å². The van der Waals surface area contributed by atoms with Gasteiger partial charge in [0.05, 0.1) is 5.69 Å². The molecule has 0 spiro atoms. The highest BCUT2D eigenvalue weighted by Crippen LogP contribution is 2.25. The van der Waals surface area contributed by atoms with E-state index >= 15 is 0 Å². The Morgan fingerprint density at radius 2 is 1.81 bits per heavy atom. The molecule has 0 bridgehead atoms. The van der Waals surface area contributed by atoms with Crippen LogP contribution in [-0.4, -0.2) is 51.2 Å². The van der Waals surface area contributed by atoms with Gasteiger partial charge in [-0.15, -0.1) is 0 Å². The van der Waals surface area contributed by atoms with Gasteiger partial charge >= 0.3 is 0 Å². The van der Waals surface area contributed by atoms with Crippen molar-refractivity contribution >= 4 is 5.91 Å². The molecule has 3 heterocycles. The molecule has 144 valence electrons. The van der Waals surface area contributed by atoms with Crippen LogP contribution in [0.25, 0.3) is 0 Å². The van der Waals surface area contributed by atoms with Gasteiger partial charge in [-0.2, -0.15) is 5.10 Å². The van der Waals surface area contributed by atoms with Crippen molar-refractivity contribution < 1.29 is 4.79 Å². The number of hydrogen-bond acceptors (Lipinski definition) is 3. The fourth-order valence-electron chi connectivity index (χ4n) is 4.40. The zero-order valence-corrected chi connectivity index (χ0v) is 16.7. The standard InChI is InChI=1S/C22H30N4O/c1-16(2)20-14-21(24(3)23-20)22(27)25-12-9-19(10-13-25)26-11-8-17-6-4-5-7-18(17)15-26/h4-7,14,16,19H,8-13,15H2,1-3H3. The van der Waals surface area contributed by atoms with Gasteiger partial charge in [0, 0.05) is 39.3 Å². The molecule has 2 aromatic rings. The van der Waals surface area contributed by atoms with Gasteiger partial charge in [0.15, 0.2) is 0 Å². The average molecular weight is 367 g/mol. The van der Waals surface area contributed by atoms with E-state index in [0.717, 1.165) is 51.1 Å². The summed E-state index contributed by atoms with van der Waals surface area (Å²) in [6, 6.07) is 11.3. The Morgan fingerprint density at radius 3 is 2.48 bits per heavy atom.